The van der Waals surface area contributed by atoms with Crippen LogP contribution in [0.25, 0.3) is 0 Å². The minimum absolute atomic E-state index is 0.285. The van der Waals surface area contributed by atoms with Crippen molar-refractivity contribution in [3.8, 4) is 0 Å². The number of benzene rings is 2. The third-order valence-corrected chi connectivity index (χ3v) is 6.25. The third kappa shape index (κ3) is 4.00. The summed E-state index contributed by atoms with van der Waals surface area (Å²) in [4.78, 5) is 41.7. The van der Waals surface area contributed by atoms with Crippen molar-refractivity contribution in [2.75, 3.05) is 17.3 Å². The van der Waals surface area contributed by atoms with Crippen LogP contribution >= 0.6 is 0 Å². The van der Waals surface area contributed by atoms with Crippen LogP contribution in [0.5, 0.6) is 0 Å². The number of anilines is 2. The summed E-state index contributed by atoms with van der Waals surface area (Å²) in [5, 5.41) is 5.75. The van der Waals surface area contributed by atoms with Gasteiger partial charge < -0.3 is 15.5 Å². The van der Waals surface area contributed by atoms with Crippen LogP contribution < -0.4 is 15.5 Å². The number of hydrogen-bond acceptors (Lipinski definition) is 4. The first kappa shape index (κ1) is 20.9. The van der Waals surface area contributed by atoms with Crippen LogP contribution in [-0.2, 0) is 16.1 Å². The first-order valence-corrected chi connectivity index (χ1v) is 10.7. The van der Waals surface area contributed by atoms with Crippen molar-refractivity contribution in [2.24, 2.45) is 0 Å². The molecule has 2 aliphatic rings. The Hall–Kier alpha value is -3.35. The lowest BCUT2D eigenvalue weighted by molar-refractivity contribution is -0.136. The Labute approximate surface area is 182 Å². The molecule has 2 aromatic carbocycles. The third-order valence-electron chi connectivity index (χ3n) is 6.25. The lowest BCUT2D eigenvalue weighted by Crippen LogP contribution is -2.48. The minimum atomic E-state index is -0.903. The van der Waals surface area contributed by atoms with E-state index in [1.807, 2.05) is 49.5 Å². The van der Waals surface area contributed by atoms with Gasteiger partial charge in [-0.1, -0.05) is 55.3 Å². The second kappa shape index (κ2) is 8.41. The van der Waals surface area contributed by atoms with Crippen LogP contribution in [0.15, 0.2) is 54.6 Å². The number of para-hydroxylation sites is 2. The Morgan fingerprint density at radius 2 is 1.74 bits per heavy atom. The topological polar surface area (TPSA) is 81.8 Å². The van der Waals surface area contributed by atoms with Gasteiger partial charge in [0.25, 0.3) is 5.91 Å². The maximum Gasteiger partial charge on any atom is 0.325 e. The van der Waals surface area contributed by atoms with Crippen molar-refractivity contribution in [3.63, 3.8) is 0 Å². The molecule has 2 N–H and O–H groups in total. The van der Waals surface area contributed by atoms with Crippen molar-refractivity contribution >= 4 is 29.2 Å². The molecule has 0 bridgehead atoms. The molecule has 1 aliphatic carbocycles. The molecule has 2 aromatic rings. The highest BCUT2D eigenvalue weighted by Crippen LogP contribution is 2.36. The van der Waals surface area contributed by atoms with E-state index in [0.29, 0.717) is 25.1 Å². The van der Waals surface area contributed by atoms with E-state index in [1.54, 1.807) is 6.92 Å². The van der Waals surface area contributed by atoms with Gasteiger partial charge in [0.1, 0.15) is 11.6 Å². The number of rotatable bonds is 6. The number of carbonyl (C=O) groups excluding carboxylic acids is 3. The first-order chi connectivity index (χ1) is 14.9. The van der Waals surface area contributed by atoms with Gasteiger partial charge in [-0.15, -0.1) is 0 Å². The number of nitrogens with zero attached hydrogens (tertiary/aromatic N) is 2. The van der Waals surface area contributed by atoms with E-state index in [-0.39, 0.29) is 11.8 Å². The fourth-order valence-electron chi connectivity index (χ4n) is 4.52. The summed E-state index contributed by atoms with van der Waals surface area (Å²) in [6, 6.07) is 16.2. The molecule has 0 radical (unpaired) electrons. The molecule has 1 heterocycles. The molecule has 1 saturated carbocycles. The Balaban J connectivity index is 1.49. The smallest absolute Gasteiger partial charge is 0.325 e. The van der Waals surface area contributed by atoms with E-state index >= 15 is 0 Å². The summed E-state index contributed by atoms with van der Waals surface area (Å²) in [5.74, 6) is -0.675. The van der Waals surface area contributed by atoms with Gasteiger partial charge >= 0.3 is 6.03 Å². The van der Waals surface area contributed by atoms with Crippen LogP contribution in [0, 0.1) is 0 Å². The summed E-state index contributed by atoms with van der Waals surface area (Å²) in [6.07, 6.45) is 3.08. The Morgan fingerprint density at radius 1 is 1.10 bits per heavy atom. The second-order valence-electron chi connectivity index (χ2n) is 8.42. The van der Waals surface area contributed by atoms with Gasteiger partial charge in [0.05, 0.1) is 11.4 Å². The van der Waals surface area contributed by atoms with Crippen LogP contribution in [0.2, 0.25) is 0 Å². The molecule has 4 rings (SSSR count). The molecule has 7 nitrogen and oxygen atoms in total. The van der Waals surface area contributed by atoms with E-state index in [1.165, 1.54) is 0 Å². The molecule has 1 spiro atoms. The van der Waals surface area contributed by atoms with Crippen molar-refractivity contribution in [2.45, 2.75) is 50.7 Å². The average Bonchev–Trinajstić information content (AvgIpc) is 3.33. The zero-order valence-electron chi connectivity index (χ0n) is 17.9. The van der Waals surface area contributed by atoms with Crippen molar-refractivity contribution < 1.29 is 14.4 Å². The highest BCUT2D eigenvalue weighted by atomic mass is 16.2. The van der Waals surface area contributed by atoms with E-state index < -0.39 is 17.6 Å². The summed E-state index contributed by atoms with van der Waals surface area (Å²) in [7, 11) is 1.96. The highest BCUT2D eigenvalue weighted by molar-refractivity contribution is 6.11. The first-order valence-electron chi connectivity index (χ1n) is 10.7. The van der Waals surface area contributed by atoms with E-state index in [2.05, 4.69) is 27.7 Å². The van der Waals surface area contributed by atoms with E-state index in [9.17, 15) is 14.4 Å². The van der Waals surface area contributed by atoms with Crippen molar-refractivity contribution in [1.29, 1.82) is 0 Å². The molecule has 1 saturated heterocycles. The van der Waals surface area contributed by atoms with Gasteiger partial charge in [-0.2, -0.15) is 0 Å². The molecule has 0 aromatic heterocycles. The van der Waals surface area contributed by atoms with Crippen LogP contribution in [-0.4, -0.2) is 41.4 Å². The number of hydrogen-bond donors (Lipinski definition) is 2. The molecule has 31 heavy (non-hydrogen) atoms. The normalized spacial score (nSPS) is 18.2. The number of amides is 4. The zero-order valence-corrected chi connectivity index (χ0v) is 17.9. The number of urea groups is 1. The molecule has 2 fully saturated rings. The minimum Gasteiger partial charge on any atom is -0.369 e. The van der Waals surface area contributed by atoms with Crippen LogP contribution in [0.4, 0.5) is 16.2 Å². The number of carbonyl (C=O) groups is 3. The Bertz CT molecular complexity index is 985. The van der Waals surface area contributed by atoms with Crippen molar-refractivity contribution in [3.05, 3.63) is 60.2 Å². The predicted octanol–water partition coefficient (Wildman–Crippen LogP) is 3.51. The van der Waals surface area contributed by atoms with Crippen molar-refractivity contribution in [1.82, 2.24) is 10.2 Å². The molecular weight excluding hydrogens is 392 g/mol. The quantitative estimate of drug-likeness (QED) is 0.701. The largest absolute Gasteiger partial charge is 0.369 e. The van der Waals surface area contributed by atoms with Gasteiger partial charge in [0, 0.05) is 13.6 Å². The van der Waals surface area contributed by atoms with E-state index in [0.717, 1.165) is 29.0 Å². The second-order valence-corrected chi connectivity index (χ2v) is 8.42. The molecule has 1 atom stereocenters. The van der Waals surface area contributed by atoms with Gasteiger partial charge in [-0.3, -0.25) is 9.59 Å². The zero-order chi connectivity index (χ0) is 22.0. The number of imide groups is 1. The molecule has 1 unspecified atom stereocenters. The summed E-state index contributed by atoms with van der Waals surface area (Å²) in [6.45, 7) is 2.27. The summed E-state index contributed by atoms with van der Waals surface area (Å²) in [5.41, 5.74) is 1.83. The van der Waals surface area contributed by atoms with Gasteiger partial charge in [0.15, 0.2) is 0 Å². The van der Waals surface area contributed by atoms with Gasteiger partial charge in [-0.25, -0.2) is 9.69 Å². The molecule has 1 aliphatic heterocycles. The molecule has 7 heteroatoms. The van der Waals surface area contributed by atoms with E-state index in [4.69, 9.17) is 0 Å². The Morgan fingerprint density at radius 3 is 2.45 bits per heavy atom. The maximum atomic E-state index is 13.0. The van der Waals surface area contributed by atoms with Gasteiger partial charge in [0.2, 0.25) is 5.91 Å². The molecule has 4 amide bonds. The number of nitrogens with one attached hydrogen (secondary N) is 2. The predicted molar refractivity (Wildman–Crippen MR) is 120 cm³/mol. The lowest BCUT2D eigenvalue weighted by atomic mass is 9.97. The fourth-order valence-corrected chi connectivity index (χ4v) is 4.52. The molecule has 162 valence electrons. The van der Waals surface area contributed by atoms with Gasteiger partial charge in [-0.05, 0) is 37.5 Å². The SMILES string of the molecule is CC(C(=O)Nc1ccccc1N(C)Cc1ccccc1)N1C(=O)NC2(CCCC2)C1=O. The average molecular weight is 421 g/mol. The Kier molecular flexibility index (Phi) is 5.67. The lowest BCUT2D eigenvalue weighted by Gasteiger charge is -2.26. The monoisotopic (exact) mass is 420 g/mol. The molecular formula is C24H28N4O3. The fraction of sp³-hybridized carbons (Fsp3) is 0.375. The summed E-state index contributed by atoms with van der Waals surface area (Å²) < 4.78 is 0. The standard InChI is InChI=1S/C24H28N4O3/c1-17(28-22(30)24(26-23(28)31)14-8-9-15-24)21(29)25-19-12-6-7-13-20(19)27(2)16-18-10-4-3-5-11-18/h3-7,10-13,17H,8-9,14-16H2,1-2H3,(H,25,29)(H,26,31). The van der Waals surface area contributed by atoms with Crippen LogP contribution in [0.1, 0.15) is 38.2 Å². The maximum absolute atomic E-state index is 13.0. The highest BCUT2D eigenvalue weighted by Gasteiger charge is 2.54. The van der Waals surface area contributed by atoms with Crippen LogP contribution in [0.3, 0.4) is 0 Å². The summed E-state index contributed by atoms with van der Waals surface area (Å²) >= 11 is 0.